The maximum atomic E-state index is 9.77. The van der Waals surface area contributed by atoms with E-state index in [0.717, 1.165) is 18.0 Å². The first-order valence-corrected chi connectivity index (χ1v) is 6.97. The largest absolute Gasteiger partial charge is 0.493 e. The Kier molecular flexibility index (Phi) is 3.44. The number of rotatable bonds is 3. The normalized spacial score (nSPS) is 27.1. The Morgan fingerprint density at radius 3 is 2.85 bits per heavy atom. The molecule has 1 aromatic carbocycles. The molecule has 4 nitrogen and oxygen atoms in total. The summed E-state index contributed by atoms with van der Waals surface area (Å²) < 4.78 is 11.5. The van der Waals surface area contributed by atoms with Gasteiger partial charge in [0.15, 0.2) is 11.5 Å². The molecule has 1 heterocycles. The molecule has 3 rings (SSSR count). The molecule has 1 aromatic rings. The van der Waals surface area contributed by atoms with E-state index in [1.165, 1.54) is 11.1 Å². The summed E-state index contributed by atoms with van der Waals surface area (Å²) >= 11 is 0. The van der Waals surface area contributed by atoms with Crippen molar-refractivity contribution in [2.75, 3.05) is 21.2 Å². The second-order valence-corrected chi connectivity index (χ2v) is 5.78. The minimum Gasteiger partial charge on any atom is -0.493 e. The van der Waals surface area contributed by atoms with Crippen LogP contribution in [0.15, 0.2) is 24.3 Å². The fourth-order valence-electron chi connectivity index (χ4n) is 3.14. The number of aliphatic hydroxyl groups excluding tert-OH is 1. The predicted octanol–water partition coefficient (Wildman–Crippen LogP) is 1.92. The zero-order chi connectivity index (χ0) is 14.3. The van der Waals surface area contributed by atoms with Gasteiger partial charge in [0.05, 0.1) is 13.2 Å². The molecule has 0 saturated carbocycles. The molecule has 0 radical (unpaired) electrons. The molecule has 20 heavy (non-hydrogen) atoms. The fraction of sp³-hybridized carbons (Fsp3) is 0.500. The number of benzene rings is 1. The molecule has 1 aliphatic heterocycles. The van der Waals surface area contributed by atoms with Crippen LogP contribution in [0.1, 0.15) is 23.5 Å². The smallest absolute Gasteiger partial charge is 0.165 e. The molecule has 0 aromatic heterocycles. The van der Waals surface area contributed by atoms with E-state index >= 15 is 0 Å². The molecule has 0 fully saturated rings. The van der Waals surface area contributed by atoms with E-state index in [9.17, 15) is 5.11 Å². The molecule has 4 heteroatoms. The van der Waals surface area contributed by atoms with E-state index in [1.807, 2.05) is 12.1 Å². The maximum Gasteiger partial charge on any atom is 0.165 e. The Hall–Kier alpha value is -1.52. The van der Waals surface area contributed by atoms with Crippen molar-refractivity contribution in [2.45, 2.75) is 31.1 Å². The molecule has 1 unspecified atom stereocenters. The highest BCUT2D eigenvalue weighted by molar-refractivity contribution is 5.57. The van der Waals surface area contributed by atoms with Gasteiger partial charge >= 0.3 is 0 Å². The van der Waals surface area contributed by atoms with Gasteiger partial charge in [-0.05, 0) is 25.7 Å². The van der Waals surface area contributed by atoms with E-state index in [0.29, 0.717) is 6.42 Å². The van der Waals surface area contributed by atoms with Crippen molar-refractivity contribution in [1.29, 1.82) is 0 Å². The zero-order valence-electron chi connectivity index (χ0n) is 12.2. The van der Waals surface area contributed by atoms with Crippen molar-refractivity contribution in [3.8, 4) is 11.5 Å². The van der Waals surface area contributed by atoms with Gasteiger partial charge in [-0.15, -0.1) is 0 Å². The Morgan fingerprint density at radius 2 is 2.15 bits per heavy atom. The van der Waals surface area contributed by atoms with Crippen molar-refractivity contribution >= 4 is 0 Å². The van der Waals surface area contributed by atoms with Crippen LogP contribution in [0.5, 0.6) is 11.5 Å². The summed E-state index contributed by atoms with van der Waals surface area (Å²) in [5.74, 6) is 1.85. The molecule has 2 aliphatic rings. The van der Waals surface area contributed by atoms with Crippen LogP contribution in [-0.2, 0) is 6.54 Å². The Labute approximate surface area is 119 Å². The Bertz CT molecular complexity index is 539. The van der Waals surface area contributed by atoms with Gasteiger partial charge in [0.1, 0.15) is 6.10 Å². The molecule has 0 saturated heterocycles. The lowest BCUT2D eigenvalue weighted by Crippen LogP contribution is -2.27. The summed E-state index contributed by atoms with van der Waals surface area (Å²) in [5, 5.41) is 9.77. The van der Waals surface area contributed by atoms with Crippen LogP contribution in [0.4, 0.5) is 0 Å². The highest BCUT2D eigenvalue weighted by Crippen LogP contribution is 2.49. The monoisotopic (exact) mass is 275 g/mol. The van der Waals surface area contributed by atoms with Gasteiger partial charge < -0.3 is 19.5 Å². The van der Waals surface area contributed by atoms with Crippen LogP contribution < -0.4 is 9.47 Å². The van der Waals surface area contributed by atoms with Gasteiger partial charge in [0, 0.05) is 24.4 Å². The van der Waals surface area contributed by atoms with Gasteiger partial charge in [0.2, 0.25) is 0 Å². The minimum absolute atomic E-state index is 0.0159. The molecule has 0 bridgehead atoms. The molecule has 1 N–H and O–H groups in total. The van der Waals surface area contributed by atoms with E-state index in [4.69, 9.17) is 9.47 Å². The van der Waals surface area contributed by atoms with Crippen molar-refractivity contribution in [2.24, 2.45) is 0 Å². The molecular formula is C16H21NO3. The molecule has 3 atom stereocenters. The van der Waals surface area contributed by atoms with E-state index in [1.54, 1.807) is 7.11 Å². The number of aliphatic hydroxyl groups is 1. The van der Waals surface area contributed by atoms with Crippen LogP contribution in [0, 0.1) is 0 Å². The zero-order valence-corrected chi connectivity index (χ0v) is 12.2. The third-order valence-electron chi connectivity index (χ3n) is 3.97. The van der Waals surface area contributed by atoms with Gasteiger partial charge in [-0.25, -0.2) is 0 Å². The van der Waals surface area contributed by atoms with Crippen molar-refractivity contribution in [3.05, 3.63) is 35.4 Å². The average Bonchev–Trinajstić information content (AvgIpc) is 2.77. The highest BCUT2D eigenvalue weighted by atomic mass is 16.5. The molecule has 108 valence electrons. The number of nitrogens with zero attached hydrogens (tertiary/aromatic N) is 1. The second kappa shape index (κ2) is 5.11. The Balaban J connectivity index is 2.06. The van der Waals surface area contributed by atoms with E-state index in [2.05, 4.69) is 31.1 Å². The van der Waals surface area contributed by atoms with Crippen LogP contribution in [0.25, 0.3) is 0 Å². The molecule has 0 amide bonds. The first kappa shape index (κ1) is 13.5. The van der Waals surface area contributed by atoms with Crippen LogP contribution >= 0.6 is 0 Å². The second-order valence-electron chi connectivity index (χ2n) is 5.78. The van der Waals surface area contributed by atoms with Gasteiger partial charge in [-0.3, -0.25) is 0 Å². The lowest BCUT2D eigenvalue weighted by atomic mass is 9.85. The van der Waals surface area contributed by atoms with Crippen molar-refractivity contribution in [1.82, 2.24) is 4.90 Å². The number of ether oxygens (including phenoxy) is 2. The molecule has 1 aliphatic carbocycles. The van der Waals surface area contributed by atoms with Gasteiger partial charge in [-0.2, -0.15) is 0 Å². The van der Waals surface area contributed by atoms with Crippen LogP contribution in [0.3, 0.4) is 0 Å². The van der Waals surface area contributed by atoms with Crippen LogP contribution in [0.2, 0.25) is 0 Å². The molecule has 0 spiro atoms. The third-order valence-corrected chi connectivity index (χ3v) is 3.97. The average molecular weight is 275 g/mol. The van der Waals surface area contributed by atoms with E-state index in [-0.39, 0.29) is 12.0 Å². The summed E-state index contributed by atoms with van der Waals surface area (Å²) in [6.07, 6.45) is 4.19. The third kappa shape index (κ3) is 2.19. The molecular weight excluding hydrogens is 254 g/mol. The fourth-order valence-corrected chi connectivity index (χ4v) is 3.14. The van der Waals surface area contributed by atoms with Crippen LogP contribution in [-0.4, -0.2) is 43.4 Å². The standard InChI is InChI=1S/C16H21NO3/c1-17(2)9-10-4-7-13(19-3)16-15(10)12-6-5-11(18)8-14(12)20-16/h4-7,11-12,14,18H,8-9H2,1-3H3/t11-,12?,14-/m0/s1. The van der Waals surface area contributed by atoms with Crippen molar-refractivity contribution < 1.29 is 14.6 Å². The highest BCUT2D eigenvalue weighted by Gasteiger charge is 2.39. The first-order chi connectivity index (χ1) is 9.60. The summed E-state index contributed by atoms with van der Waals surface area (Å²) in [4.78, 5) is 2.15. The van der Waals surface area contributed by atoms with E-state index < -0.39 is 6.10 Å². The lowest BCUT2D eigenvalue weighted by molar-refractivity contribution is 0.117. The number of methoxy groups -OCH3 is 1. The quantitative estimate of drug-likeness (QED) is 0.856. The van der Waals surface area contributed by atoms with Crippen molar-refractivity contribution in [3.63, 3.8) is 0 Å². The topological polar surface area (TPSA) is 41.9 Å². The Morgan fingerprint density at radius 1 is 1.35 bits per heavy atom. The van der Waals surface area contributed by atoms with Gasteiger partial charge in [-0.1, -0.05) is 18.2 Å². The lowest BCUT2D eigenvalue weighted by Gasteiger charge is -2.23. The van der Waals surface area contributed by atoms with Gasteiger partial charge in [0.25, 0.3) is 0 Å². The number of hydrogen-bond donors (Lipinski definition) is 1. The summed E-state index contributed by atoms with van der Waals surface area (Å²) in [5.41, 5.74) is 2.48. The summed E-state index contributed by atoms with van der Waals surface area (Å²) in [6.45, 7) is 0.870. The first-order valence-electron chi connectivity index (χ1n) is 6.97. The predicted molar refractivity (Wildman–Crippen MR) is 77.3 cm³/mol. The summed E-state index contributed by atoms with van der Waals surface area (Å²) in [7, 11) is 5.78. The summed E-state index contributed by atoms with van der Waals surface area (Å²) in [6, 6.07) is 4.08. The number of hydrogen-bond acceptors (Lipinski definition) is 4. The number of fused-ring (bicyclic) bond motifs is 3. The maximum absolute atomic E-state index is 9.77. The SMILES string of the molecule is COc1ccc(CN(C)C)c2c1O[C@H]1C[C@@H](O)C=CC21. The minimum atomic E-state index is -0.408.